The summed E-state index contributed by atoms with van der Waals surface area (Å²) < 4.78 is 13.5. The summed E-state index contributed by atoms with van der Waals surface area (Å²) in [6, 6.07) is 18.1. The molecule has 44 heavy (non-hydrogen) atoms. The normalized spacial score (nSPS) is 15.4. The van der Waals surface area contributed by atoms with E-state index in [0.29, 0.717) is 35.0 Å². The standard InChI is InChI=1S/C36H38N4O4/c1-21-18-27-28(20-26(21)34(42)43-4)38-35(37-27)36(2,3)39-33(41)23-14-15-24-29(19-23)40-16-17-44-30-13-9-8-12-25(30)32(40)31(24)22-10-6-5-7-11-22/h8-9,12-15,18-20,22H,5-7,10-11,16-17H2,1-4H3,(H,37,38)(H,39,41). The molecule has 8 nitrogen and oxygen atoms in total. The fourth-order valence-corrected chi connectivity index (χ4v) is 7.08. The highest BCUT2D eigenvalue weighted by molar-refractivity contribution is 6.01. The fourth-order valence-electron chi connectivity index (χ4n) is 7.08. The quantitative estimate of drug-likeness (QED) is 0.208. The number of H-pyrrole nitrogens is 1. The average molecular weight is 591 g/mol. The number of rotatable bonds is 5. The van der Waals surface area contributed by atoms with Gasteiger partial charge < -0.3 is 24.3 Å². The number of hydrogen-bond acceptors (Lipinski definition) is 5. The topological polar surface area (TPSA) is 98.2 Å². The second-order valence-electron chi connectivity index (χ2n) is 12.7. The van der Waals surface area contributed by atoms with Crippen LogP contribution in [0.1, 0.15) is 89.5 Å². The van der Waals surface area contributed by atoms with Crippen LogP contribution in [-0.2, 0) is 16.8 Å². The number of esters is 1. The minimum absolute atomic E-state index is 0.177. The number of aromatic nitrogens is 3. The van der Waals surface area contributed by atoms with E-state index in [0.717, 1.165) is 34.5 Å². The molecule has 0 radical (unpaired) electrons. The molecule has 0 atom stereocenters. The number of hydrogen-bond donors (Lipinski definition) is 2. The molecule has 0 unspecified atom stereocenters. The van der Waals surface area contributed by atoms with Crippen LogP contribution in [0.5, 0.6) is 5.75 Å². The highest BCUT2D eigenvalue weighted by Gasteiger charge is 2.31. The van der Waals surface area contributed by atoms with Gasteiger partial charge in [-0.1, -0.05) is 37.5 Å². The van der Waals surface area contributed by atoms with Crippen molar-refractivity contribution < 1.29 is 19.1 Å². The van der Waals surface area contributed by atoms with Crippen molar-refractivity contribution >= 4 is 33.8 Å². The number of ether oxygens (including phenoxy) is 2. The molecular weight excluding hydrogens is 552 g/mol. The number of aryl methyl sites for hydroxylation is 1. The van der Waals surface area contributed by atoms with Crippen LogP contribution in [0.3, 0.4) is 0 Å². The molecule has 1 amide bonds. The van der Waals surface area contributed by atoms with E-state index in [1.807, 2.05) is 45.0 Å². The SMILES string of the molecule is COC(=O)c1cc2[nH]c(C(C)(C)NC(=O)c3ccc4c(C5CCCCC5)c5n(c4c3)CCOc3ccccc3-5)nc2cc1C. The predicted octanol–water partition coefficient (Wildman–Crippen LogP) is 7.38. The van der Waals surface area contributed by atoms with Gasteiger partial charge in [-0.25, -0.2) is 9.78 Å². The molecule has 1 aliphatic carbocycles. The maximum atomic E-state index is 13.8. The zero-order valence-corrected chi connectivity index (χ0v) is 25.8. The van der Waals surface area contributed by atoms with Crippen LogP contribution in [0.15, 0.2) is 54.6 Å². The first-order valence-corrected chi connectivity index (χ1v) is 15.5. The third-order valence-corrected chi connectivity index (χ3v) is 9.35. The van der Waals surface area contributed by atoms with E-state index < -0.39 is 11.5 Å². The summed E-state index contributed by atoms with van der Waals surface area (Å²) in [7, 11) is 1.37. The van der Waals surface area contributed by atoms with Crippen molar-refractivity contribution in [2.45, 2.75) is 70.9 Å². The van der Waals surface area contributed by atoms with E-state index in [4.69, 9.17) is 14.5 Å². The Hall–Kier alpha value is -4.59. The van der Waals surface area contributed by atoms with Crippen molar-refractivity contribution in [2.24, 2.45) is 0 Å². The van der Waals surface area contributed by atoms with Gasteiger partial charge >= 0.3 is 5.97 Å². The van der Waals surface area contributed by atoms with Gasteiger partial charge in [0.15, 0.2) is 0 Å². The van der Waals surface area contributed by atoms with Crippen LogP contribution in [0.2, 0.25) is 0 Å². The van der Waals surface area contributed by atoms with E-state index >= 15 is 0 Å². The van der Waals surface area contributed by atoms with Crippen molar-refractivity contribution in [1.29, 1.82) is 0 Å². The lowest BCUT2D eigenvalue weighted by Gasteiger charge is -2.24. The van der Waals surface area contributed by atoms with Crippen LogP contribution in [0.25, 0.3) is 33.2 Å². The molecule has 226 valence electrons. The van der Waals surface area contributed by atoms with Gasteiger partial charge in [0, 0.05) is 22.0 Å². The van der Waals surface area contributed by atoms with E-state index in [-0.39, 0.29) is 5.91 Å². The summed E-state index contributed by atoms with van der Waals surface area (Å²) in [5.41, 5.74) is 7.33. The van der Waals surface area contributed by atoms with Gasteiger partial charge in [0.1, 0.15) is 18.2 Å². The van der Waals surface area contributed by atoms with Gasteiger partial charge in [-0.3, -0.25) is 4.79 Å². The van der Waals surface area contributed by atoms with Gasteiger partial charge in [0.2, 0.25) is 0 Å². The van der Waals surface area contributed by atoms with E-state index in [2.05, 4.69) is 39.1 Å². The number of aromatic amines is 1. The highest BCUT2D eigenvalue weighted by atomic mass is 16.5. The predicted molar refractivity (Wildman–Crippen MR) is 171 cm³/mol. The first-order valence-electron chi connectivity index (χ1n) is 15.5. The van der Waals surface area contributed by atoms with Gasteiger partial charge in [-0.2, -0.15) is 0 Å². The summed E-state index contributed by atoms with van der Waals surface area (Å²) in [5, 5.41) is 4.43. The molecule has 1 aliphatic heterocycles. The maximum Gasteiger partial charge on any atom is 0.338 e. The van der Waals surface area contributed by atoms with E-state index in [1.54, 1.807) is 6.07 Å². The molecular formula is C36H38N4O4. The lowest BCUT2D eigenvalue weighted by molar-refractivity contribution is 0.0600. The number of imidazole rings is 1. The van der Waals surface area contributed by atoms with Crippen molar-refractivity contribution in [2.75, 3.05) is 13.7 Å². The van der Waals surface area contributed by atoms with Gasteiger partial charge in [0.25, 0.3) is 5.91 Å². The van der Waals surface area contributed by atoms with Crippen molar-refractivity contribution in [3.8, 4) is 17.0 Å². The van der Waals surface area contributed by atoms with Crippen molar-refractivity contribution in [3.63, 3.8) is 0 Å². The number of carbonyl (C=O) groups is 2. The summed E-state index contributed by atoms with van der Waals surface area (Å²) in [6.45, 7) is 7.00. The Bertz CT molecular complexity index is 1930. The van der Waals surface area contributed by atoms with E-state index in [1.165, 1.54) is 55.9 Å². The molecule has 2 aliphatic rings. The first-order chi connectivity index (χ1) is 21.2. The first kappa shape index (κ1) is 28.2. The van der Waals surface area contributed by atoms with Gasteiger partial charge in [0.05, 0.1) is 41.5 Å². The summed E-state index contributed by atoms with van der Waals surface area (Å²) >= 11 is 0. The molecule has 0 bridgehead atoms. The molecule has 0 saturated heterocycles. The maximum absolute atomic E-state index is 13.8. The summed E-state index contributed by atoms with van der Waals surface area (Å²) in [6.07, 6.45) is 6.15. The zero-order chi connectivity index (χ0) is 30.6. The lowest BCUT2D eigenvalue weighted by atomic mass is 9.81. The average Bonchev–Trinajstić information content (AvgIpc) is 3.53. The molecule has 3 aromatic carbocycles. The fraction of sp³-hybridized carbons (Fsp3) is 0.361. The Morgan fingerprint density at radius 1 is 1.07 bits per heavy atom. The second kappa shape index (κ2) is 10.8. The third-order valence-electron chi connectivity index (χ3n) is 9.35. The van der Waals surface area contributed by atoms with Gasteiger partial charge in [-0.15, -0.1) is 0 Å². The van der Waals surface area contributed by atoms with Crippen LogP contribution in [-0.4, -0.2) is 40.1 Å². The number of fused-ring (bicyclic) bond motifs is 6. The minimum atomic E-state index is -0.805. The molecule has 0 spiro atoms. The Labute approximate surface area is 256 Å². The third kappa shape index (κ3) is 4.73. The largest absolute Gasteiger partial charge is 0.491 e. The number of benzene rings is 3. The van der Waals surface area contributed by atoms with Crippen LogP contribution < -0.4 is 10.1 Å². The smallest absolute Gasteiger partial charge is 0.338 e. The number of amides is 1. The van der Waals surface area contributed by atoms with Gasteiger partial charge in [-0.05, 0) is 87.1 Å². The molecule has 3 heterocycles. The number of carbonyl (C=O) groups excluding carboxylic acids is 2. The zero-order valence-electron chi connectivity index (χ0n) is 25.8. The summed E-state index contributed by atoms with van der Waals surface area (Å²) in [5.74, 6) is 1.44. The summed E-state index contributed by atoms with van der Waals surface area (Å²) in [4.78, 5) is 34.1. The Kier molecular flexibility index (Phi) is 6.95. The van der Waals surface area contributed by atoms with Crippen molar-refractivity contribution in [3.05, 3.63) is 82.7 Å². The monoisotopic (exact) mass is 590 g/mol. The van der Waals surface area contributed by atoms with Crippen LogP contribution >= 0.6 is 0 Å². The molecule has 8 heteroatoms. The minimum Gasteiger partial charge on any atom is -0.491 e. The van der Waals surface area contributed by atoms with Crippen LogP contribution in [0.4, 0.5) is 0 Å². The molecule has 7 rings (SSSR count). The van der Waals surface area contributed by atoms with Crippen molar-refractivity contribution in [1.82, 2.24) is 19.9 Å². The Morgan fingerprint density at radius 3 is 2.66 bits per heavy atom. The van der Waals surface area contributed by atoms with Crippen LogP contribution in [0, 0.1) is 6.92 Å². The highest BCUT2D eigenvalue weighted by Crippen LogP contribution is 2.47. The van der Waals surface area contributed by atoms with E-state index in [9.17, 15) is 9.59 Å². The number of methoxy groups -OCH3 is 1. The molecule has 1 saturated carbocycles. The molecule has 1 fully saturated rings. The second-order valence-corrected chi connectivity index (χ2v) is 12.7. The number of nitrogens with zero attached hydrogens (tertiary/aromatic N) is 2. The number of nitrogens with one attached hydrogen (secondary N) is 2. The molecule has 5 aromatic rings. The molecule has 2 N–H and O–H groups in total. The number of para-hydroxylation sites is 1. The Morgan fingerprint density at radius 2 is 1.86 bits per heavy atom. The lowest BCUT2D eigenvalue weighted by Crippen LogP contribution is -2.41. The molecule has 2 aromatic heterocycles. The Balaban J connectivity index is 1.26.